The average molecular weight is 764 g/mol. The van der Waals surface area contributed by atoms with Crippen LogP contribution in [0.5, 0.6) is 5.75 Å². The molecule has 6 aromatic carbocycles. The van der Waals surface area contributed by atoms with Crippen molar-refractivity contribution in [3.63, 3.8) is 0 Å². The van der Waals surface area contributed by atoms with Crippen LogP contribution in [0.15, 0.2) is 132 Å². The number of benzene rings is 6. The maximum Gasteiger partial charge on any atom is 0.149 e. The molecule has 0 aliphatic rings. The number of aromatic hydroxyl groups is 1. The number of pyridine rings is 1. The van der Waals surface area contributed by atoms with E-state index in [1.54, 1.807) is 0 Å². The van der Waals surface area contributed by atoms with Crippen molar-refractivity contribution in [2.75, 3.05) is 0 Å². The molecule has 284 valence electrons. The van der Waals surface area contributed by atoms with Crippen LogP contribution in [-0.4, -0.2) is 27.7 Å². The number of phenolic OH excluding ortho intramolecular Hbond substituents is 1. The Morgan fingerprint density at radius 2 is 1.40 bits per heavy atom. The number of para-hydroxylation sites is 1. The molecule has 0 saturated carbocycles. The highest BCUT2D eigenvalue weighted by Crippen LogP contribution is 2.44. The van der Waals surface area contributed by atoms with Gasteiger partial charge in [0.2, 0.25) is 0 Å². The van der Waals surface area contributed by atoms with Gasteiger partial charge >= 0.3 is 0 Å². The number of nitrogens with zero attached hydrogens (tertiary/aromatic N) is 3. The molecule has 0 saturated heterocycles. The second-order valence-electron chi connectivity index (χ2n) is 17.5. The van der Waals surface area contributed by atoms with E-state index in [4.69, 9.17) is 14.4 Å². The van der Waals surface area contributed by atoms with Gasteiger partial charge in [-0.15, -0.1) is 0 Å². The Hall–Kier alpha value is -5.98. The molecule has 0 spiro atoms. The Bertz CT molecular complexity index is 2960. The van der Waals surface area contributed by atoms with Gasteiger partial charge in [0.1, 0.15) is 22.7 Å². The van der Waals surface area contributed by atoms with Crippen LogP contribution >= 0.6 is 0 Å². The molecule has 1 N–H and O–H groups in total. The fraction of sp³-hybridized carbons (Fsp3) is 0.216. The van der Waals surface area contributed by atoms with Gasteiger partial charge in [-0.25, -0.2) is 4.98 Å². The molecule has 57 heavy (non-hydrogen) atoms. The summed E-state index contributed by atoms with van der Waals surface area (Å²) in [6, 6.07) is 42.8. The monoisotopic (exact) mass is 763 g/mol. The summed E-state index contributed by atoms with van der Waals surface area (Å²) in [4.78, 5) is 10.6. The van der Waals surface area contributed by atoms with E-state index in [9.17, 15) is 5.11 Å². The molecule has 9 rings (SSSR count). The van der Waals surface area contributed by atoms with Crippen LogP contribution in [0.3, 0.4) is 0 Å². The van der Waals surface area contributed by atoms with Crippen molar-refractivity contribution >= 4 is 57.0 Å². The van der Waals surface area contributed by atoms with Crippen LogP contribution in [0.2, 0.25) is 19.6 Å². The van der Waals surface area contributed by atoms with Crippen LogP contribution in [0.4, 0.5) is 0 Å². The number of aromatic nitrogens is 3. The minimum absolute atomic E-state index is 0.225. The topological polar surface area (TPSA) is 64.1 Å². The number of rotatable bonds is 9. The maximum atomic E-state index is 11.8. The molecule has 0 aliphatic carbocycles. The van der Waals surface area contributed by atoms with E-state index in [2.05, 4.69) is 155 Å². The Morgan fingerprint density at radius 1 is 0.667 bits per heavy atom. The lowest BCUT2D eigenvalue weighted by Gasteiger charge is -2.16. The third kappa shape index (κ3) is 6.72. The lowest BCUT2D eigenvalue weighted by Crippen LogP contribution is -2.37. The summed E-state index contributed by atoms with van der Waals surface area (Å²) in [5.74, 6) is 1.81. The highest BCUT2D eigenvalue weighted by molar-refractivity contribution is 6.88. The first-order valence-corrected chi connectivity index (χ1v) is 23.7. The van der Waals surface area contributed by atoms with E-state index in [0.717, 1.165) is 90.2 Å². The predicted molar refractivity (Wildman–Crippen MR) is 242 cm³/mol. The van der Waals surface area contributed by atoms with Crippen molar-refractivity contribution in [1.29, 1.82) is 0 Å². The molecular formula is C51H49N3O2Si. The summed E-state index contributed by atoms with van der Waals surface area (Å²) in [7, 11) is -1.54. The van der Waals surface area contributed by atoms with Gasteiger partial charge in [0.05, 0.1) is 36.1 Å². The standard InChI is InChI=1S/C51H49N3O2Si/c1-31(2)23-33-19-21-40(47(55)27-33)51-53-49-41(25-34(24-32(3)4)26-46(49)54(51)45-17-12-14-35-13-8-9-15-38(35)45)43-29-36(44-22-20-37(30-52-44)57(5,6)7)28-42-39-16-10-11-18-48(39)56-50(42)43/h8-22,25-32,55H,23-24H2,1-7H3. The summed E-state index contributed by atoms with van der Waals surface area (Å²) in [6.45, 7) is 16.0. The highest BCUT2D eigenvalue weighted by Gasteiger charge is 2.25. The molecule has 0 fully saturated rings. The van der Waals surface area contributed by atoms with Crippen LogP contribution in [0.1, 0.15) is 38.8 Å². The van der Waals surface area contributed by atoms with E-state index >= 15 is 0 Å². The molecule has 0 radical (unpaired) electrons. The number of hydrogen-bond acceptors (Lipinski definition) is 4. The van der Waals surface area contributed by atoms with Gasteiger partial charge in [-0.1, -0.05) is 114 Å². The van der Waals surface area contributed by atoms with Crippen molar-refractivity contribution in [2.45, 2.75) is 60.2 Å². The van der Waals surface area contributed by atoms with Gasteiger partial charge in [-0.2, -0.15) is 0 Å². The fourth-order valence-electron chi connectivity index (χ4n) is 8.41. The quantitative estimate of drug-likeness (QED) is 0.149. The van der Waals surface area contributed by atoms with E-state index < -0.39 is 8.07 Å². The lowest BCUT2D eigenvalue weighted by molar-refractivity contribution is 0.475. The number of imidazole rings is 1. The van der Waals surface area contributed by atoms with E-state index in [1.165, 1.54) is 10.8 Å². The van der Waals surface area contributed by atoms with Gasteiger partial charge in [0.25, 0.3) is 0 Å². The van der Waals surface area contributed by atoms with E-state index in [-0.39, 0.29) is 5.75 Å². The maximum absolute atomic E-state index is 11.8. The largest absolute Gasteiger partial charge is 0.507 e. The van der Waals surface area contributed by atoms with Gasteiger partial charge in [0.15, 0.2) is 0 Å². The van der Waals surface area contributed by atoms with Crippen molar-refractivity contribution in [1.82, 2.24) is 14.5 Å². The normalized spacial score (nSPS) is 12.3. The minimum Gasteiger partial charge on any atom is -0.507 e. The van der Waals surface area contributed by atoms with E-state index in [1.807, 2.05) is 24.3 Å². The summed E-state index contributed by atoms with van der Waals surface area (Å²) in [6.07, 6.45) is 3.84. The van der Waals surface area contributed by atoms with Gasteiger partial charge in [-0.05, 0) is 101 Å². The first-order chi connectivity index (χ1) is 27.4. The van der Waals surface area contributed by atoms with E-state index in [0.29, 0.717) is 23.2 Å². The number of fused-ring (bicyclic) bond motifs is 5. The average Bonchev–Trinajstić information content (AvgIpc) is 3.75. The summed E-state index contributed by atoms with van der Waals surface area (Å²) in [5.41, 5.74) is 11.4. The number of furan rings is 1. The molecule has 3 heterocycles. The van der Waals surface area contributed by atoms with Crippen LogP contribution < -0.4 is 5.19 Å². The molecule has 0 aliphatic heterocycles. The SMILES string of the molecule is CC(C)Cc1ccc(-c2nc3c(-c4cc(-c5ccc([Si](C)(C)C)cn5)cc5c4oc4ccccc45)cc(CC(C)C)cc3n2-c2cccc3ccccc23)c(O)c1. The Balaban J connectivity index is 1.39. The number of hydrogen-bond donors (Lipinski definition) is 1. The van der Waals surface area contributed by atoms with Crippen LogP contribution in [-0.2, 0) is 12.8 Å². The van der Waals surface area contributed by atoms with Gasteiger partial charge < -0.3 is 9.52 Å². The van der Waals surface area contributed by atoms with Crippen molar-refractivity contribution < 1.29 is 9.52 Å². The Labute approximate surface area is 335 Å². The zero-order chi connectivity index (χ0) is 39.6. The number of phenols is 1. The smallest absolute Gasteiger partial charge is 0.149 e. The first kappa shape index (κ1) is 36.6. The molecule has 3 aromatic heterocycles. The van der Waals surface area contributed by atoms with Crippen molar-refractivity contribution in [3.05, 3.63) is 139 Å². The highest BCUT2D eigenvalue weighted by atomic mass is 28.3. The minimum atomic E-state index is -1.54. The summed E-state index contributed by atoms with van der Waals surface area (Å²) >= 11 is 0. The second kappa shape index (κ2) is 14.2. The molecule has 0 amide bonds. The molecule has 5 nitrogen and oxygen atoms in total. The van der Waals surface area contributed by atoms with Crippen LogP contribution in [0, 0.1) is 11.8 Å². The summed E-state index contributed by atoms with van der Waals surface area (Å²) < 4.78 is 9.06. The molecule has 0 bridgehead atoms. The zero-order valence-electron chi connectivity index (χ0n) is 33.9. The van der Waals surface area contributed by atoms with Crippen molar-refractivity contribution in [3.8, 4) is 45.2 Å². The Morgan fingerprint density at radius 3 is 2.14 bits per heavy atom. The third-order valence-electron chi connectivity index (χ3n) is 11.1. The van der Waals surface area contributed by atoms with Crippen molar-refractivity contribution in [2.24, 2.45) is 11.8 Å². The third-order valence-corrected chi connectivity index (χ3v) is 13.1. The van der Waals surface area contributed by atoms with Gasteiger partial charge in [-0.3, -0.25) is 9.55 Å². The van der Waals surface area contributed by atoms with Gasteiger partial charge in [0, 0.05) is 39.0 Å². The lowest BCUT2D eigenvalue weighted by atomic mass is 9.93. The van der Waals surface area contributed by atoms with Crippen LogP contribution in [0.25, 0.3) is 83.2 Å². The molecule has 0 atom stereocenters. The molecular weight excluding hydrogens is 715 g/mol. The molecule has 6 heteroatoms. The second-order valence-corrected chi connectivity index (χ2v) is 22.6. The zero-order valence-corrected chi connectivity index (χ0v) is 34.9. The molecule has 0 unspecified atom stereocenters. The Kier molecular flexibility index (Phi) is 9.12. The fourth-order valence-corrected chi connectivity index (χ4v) is 9.44. The summed E-state index contributed by atoms with van der Waals surface area (Å²) in [5, 5.41) is 17.5. The molecule has 9 aromatic rings. The predicted octanol–water partition coefficient (Wildman–Crippen LogP) is 13.1. The first-order valence-electron chi connectivity index (χ1n) is 20.2.